The first-order valence-electron chi connectivity index (χ1n) is 26.7. The Morgan fingerprint density at radius 3 is 2.11 bits per heavy atom. The molecule has 0 bridgehead atoms. The summed E-state index contributed by atoms with van der Waals surface area (Å²) in [5.74, 6) is -6.07. The number of carbonyl (C=O) groups is 8. The standard InChI is InChI=1S/C53H79N13O11S2/c1-32(2)22-38-47(71)58-33(3)29-78-79-30-43(53(77)66-19-9-12-44(66)52(76)63-40(24-35-13-15-37(67)16-14-35)49(73)62-42(26-46(69)70)51(75)60-38)64-50(74)41(25-36-27-56-31-57-36)61-48(72)39(23-34-10-7-6-8-11-34)59-45(68)28-65(20-17-54-4)21-18-55-5/h6-8,10-11,13-16,27,31-33,38-44,48,54-55,61,67,72H,9,12,17-26,28-30H2,1-5H3,(H,56,57)(H,58,71)(H,59,68)(H,60,75)(H,62,73)(H,63,76)(H,64,74)(H,69,70)/t33-,38+,39+,40+,41+,42+,43+,44+,48+/m1/s1. The predicted octanol–water partition coefficient (Wildman–Crippen LogP) is -1.00. The van der Waals surface area contributed by atoms with E-state index in [0.717, 1.165) is 5.56 Å². The number of imidazole rings is 1. The molecule has 2 aliphatic rings. The van der Waals surface area contributed by atoms with Crippen LogP contribution in [0.5, 0.6) is 5.75 Å². The number of aliphatic hydroxyl groups is 1. The van der Waals surface area contributed by atoms with E-state index in [0.29, 0.717) is 49.6 Å². The van der Waals surface area contributed by atoms with Crippen molar-refractivity contribution in [2.75, 3.05) is 64.9 Å². The molecule has 0 saturated carbocycles. The van der Waals surface area contributed by atoms with Gasteiger partial charge in [0.05, 0.1) is 31.4 Å². The number of fused-ring (bicyclic) bond motifs is 1. The summed E-state index contributed by atoms with van der Waals surface area (Å²) < 4.78 is 0. The lowest BCUT2D eigenvalue weighted by atomic mass is 10.0. The number of benzene rings is 2. The number of carboxylic acids is 1. The number of aliphatic hydroxyl groups excluding tert-OH is 1. The van der Waals surface area contributed by atoms with Gasteiger partial charge in [0.15, 0.2) is 0 Å². The van der Waals surface area contributed by atoms with Crippen LogP contribution in [0, 0.1) is 5.92 Å². The first-order valence-corrected chi connectivity index (χ1v) is 29.1. The first-order chi connectivity index (χ1) is 37.8. The molecular weight excluding hydrogens is 1060 g/mol. The average molecular weight is 1140 g/mol. The lowest BCUT2D eigenvalue weighted by molar-refractivity contribution is -0.142. The first kappa shape index (κ1) is 63.5. The smallest absolute Gasteiger partial charge is 0.305 e. The van der Waals surface area contributed by atoms with Crippen LogP contribution in [0.2, 0.25) is 0 Å². The van der Waals surface area contributed by atoms with Crippen molar-refractivity contribution in [1.29, 1.82) is 0 Å². The van der Waals surface area contributed by atoms with Gasteiger partial charge in [-0.1, -0.05) is 77.9 Å². The molecule has 26 heteroatoms. The van der Waals surface area contributed by atoms with Crippen molar-refractivity contribution in [2.45, 2.75) is 120 Å². The number of carbonyl (C=O) groups excluding carboxylic acids is 7. The Labute approximate surface area is 469 Å². The highest BCUT2D eigenvalue weighted by atomic mass is 33.1. The van der Waals surface area contributed by atoms with Gasteiger partial charge in [0, 0.05) is 75.0 Å². The third kappa shape index (κ3) is 21.4. The largest absolute Gasteiger partial charge is 0.508 e. The maximum atomic E-state index is 15.0. The maximum absolute atomic E-state index is 15.0. The Balaban J connectivity index is 1.47. The summed E-state index contributed by atoms with van der Waals surface area (Å²) in [5.41, 5.74) is 1.81. The summed E-state index contributed by atoms with van der Waals surface area (Å²) in [6, 6.07) is 5.79. The molecule has 0 spiro atoms. The molecule has 2 aliphatic heterocycles. The third-order valence-corrected chi connectivity index (χ3v) is 15.8. The van der Waals surface area contributed by atoms with Gasteiger partial charge in [-0.05, 0) is 75.9 Å². The quantitative estimate of drug-likeness (QED) is 0.0378. The Hall–Kier alpha value is -6.29. The fraction of sp³-hybridized carbons (Fsp3) is 0.566. The number of nitrogens with one attached hydrogen (secondary N) is 10. The maximum Gasteiger partial charge on any atom is 0.305 e. The topological polar surface area (TPSA) is 341 Å². The summed E-state index contributed by atoms with van der Waals surface area (Å²) in [6.45, 7) is 8.04. The van der Waals surface area contributed by atoms with Crippen LogP contribution in [-0.2, 0) is 57.6 Å². The summed E-state index contributed by atoms with van der Waals surface area (Å²) in [6.07, 6.45) is 1.30. The normalized spacial score (nSPS) is 22.2. The van der Waals surface area contributed by atoms with Crippen molar-refractivity contribution in [1.82, 2.24) is 67.6 Å². The van der Waals surface area contributed by atoms with Crippen molar-refractivity contribution in [2.24, 2.45) is 5.92 Å². The molecule has 79 heavy (non-hydrogen) atoms. The highest BCUT2D eigenvalue weighted by molar-refractivity contribution is 8.76. The zero-order valence-corrected chi connectivity index (χ0v) is 47.1. The number of hydrogen-bond donors (Lipinski definition) is 13. The van der Waals surface area contributed by atoms with E-state index in [1.807, 2.05) is 63.2 Å². The number of aromatic amines is 1. The minimum absolute atomic E-state index is 0.0206. The van der Waals surface area contributed by atoms with Crippen LogP contribution in [0.4, 0.5) is 0 Å². The van der Waals surface area contributed by atoms with E-state index in [-0.39, 0.29) is 68.5 Å². The highest BCUT2D eigenvalue weighted by Crippen LogP contribution is 2.26. The summed E-state index contributed by atoms with van der Waals surface area (Å²) in [7, 11) is 6.20. The van der Waals surface area contributed by atoms with Crippen molar-refractivity contribution in [3.8, 4) is 5.75 Å². The van der Waals surface area contributed by atoms with Gasteiger partial charge in [-0.15, -0.1) is 0 Å². The summed E-state index contributed by atoms with van der Waals surface area (Å²) in [4.78, 5) is 123. The zero-order chi connectivity index (χ0) is 57.4. The van der Waals surface area contributed by atoms with Crippen LogP contribution < -0.4 is 47.9 Å². The number of amides is 7. The van der Waals surface area contributed by atoms with E-state index < -0.39 is 102 Å². The lowest BCUT2D eigenvalue weighted by Gasteiger charge is -2.32. The second-order valence-electron chi connectivity index (χ2n) is 20.3. The summed E-state index contributed by atoms with van der Waals surface area (Å²) >= 11 is 0. The molecule has 434 valence electrons. The second-order valence-corrected chi connectivity index (χ2v) is 22.9. The minimum Gasteiger partial charge on any atom is -0.508 e. The predicted molar refractivity (Wildman–Crippen MR) is 300 cm³/mol. The van der Waals surface area contributed by atoms with Crippen molar-refractivity contribution >= 4 is 68.9 Å². The number of aliphatic carboxylic acids is 1. The average Bonchev–Trinajstić information content (AvgIpc) is 4.15. The molecule has 5 rings (SSSR count). The van der Waals surface area contributed by atoms with E-state index >= 15 is 0 Å². The number of phenols is 1. The zero-order valence-electron chi connectivity index (χ0n) is 45.5. The van der Waals surface area contributed by atoms with Crippen LogP contribution in [0.25, 0.3) is 0 Å². The number of likely N-dealkylation sites (N-methyl/N-ethyl adjacent to an activating group) is 2. The van der Waals surface area contributed by atoms with Gasteiger partial charge in [0.1, 0.15) is 42.2 Å². The van der Waals surface area contributed by atoms with E-state index in [1.54, 1.807) is 6.92 Å². The van der Waals surface area contributed by atoms with Gasteiger partial charge in [0.2, 0.25) is 41.4 Å². The molecule has 2 fully saturated rings. The molecule has 0 unspecified atom stereocenters. The fourth-order valence-electron chi connectivity index (χ4n) is 9.12. The SMILES string of the molecule is CNCCN(CCNC)CC(=O)N[C@@H](Cc1ccccc1)[C@H](O)N[C@@H](Cc1cnc[nH]1)C(=O)N[C@H]1CSSC[C@@H](C)NC(=O)[C@H](CC(C)C)NC(=O)[C@H](CC(=O)O)NC(=O)[C@H](Cc2ccc(O)cc2)NC(=O)[C@@H]2CCCN2C1=O. The van der Waals surface area contributed by atoms with Gasteiger partial charge < -0.3 is 67.7 Å². The molecule has 13 N–H and O–H groups in total. The van der Waals surface area contributed by atoms with Crippen LogP contribution in [0.3, 0.4) is 0 Å². The van der Waals surface area contributed by atoms with Gasteiger partial charge in [-0.25, -0.2) is 4.98 Å². The molecule has 3 aromatic rings. The fourth-order valence-corrected chi connectivity index (χ4v) is 11.6. The molecule has 3 heterocycles. The van der Waals surface area contributed by atoms with Gasteiger partial charge in [-0.3, -0.25) is 48.6 Å². The van der Waals surface area contributed by atoms with Crippen molar-refractivity contribution in [3.05, 3.63) is 83.9 Å². The number of rotatable bonds is 24. The van der Waals surface area contributed by atoms with Crippen molar-refractivity contribution < 1.29 is 53.7 Å². The van der Waals surface area contributed by atoms with E-state index in [4.69, 9.17) is 0 Å². The minimum atomic E-state index is -1.67. The van der Waals surface area contributed by atoms with E-state index in [1.165, 1.54) is 63.3 Å². The number of hydrogen-bond acceptors (Lipinski definition) is 17. The van der Waals surface area contributed by atoms with Crippen LogP contribution in [0.15, 0.2) is 67.1 Å². The highest BCUT2D eigenvalue weighted by Gasteiger charge is 2.41. The second kappa shape index (κ2) is 32.7. The number of phenolic OH excluding ortho intramolecular Hbond substituents is 1. The van der Waals surface area contributed by atoms with Crippen LogP contribution in [-0.4, -0.2) is 202 Å². The summed E-state index contributed by atoms with van der Waals surface area (Å²) in [5, 5.41) is 57.9. The molecule has 24 nitrogen and oxygen atoms in total. The lowest BCUT2D eigenvalue weighted by Crippen LogP contribution is -2.61. The number of aromatic hydroxyl groups is 1. The Kier molecular flexibility index (Phi) is 26.3. The molecular formula is C53H79N13O11S2. The number of carboxylic acid groups (broad SMARTS) is 1. The van der Waals surface area contributed by atoms with Gasteiger partial charge in [0.25, 0.3) is 0 Å². The van der Waals surface area contributed by atoms with E-state index in [2.05, 4.69) is 57.8 Å². The molecule has 2 saturated heterocycles. The molecule has 9 atom stereocenters. The van der Waals surface area contributed by atoms with E-state index in [9.17, 15) is 53.7 Å². The van der Waals surface area contributed by atoms with Crippen LogP contribution >= 0.6 is 21.6 Å². The van der Waals surface area contributed by atoms with Crippen LogP contribution in [0.1, 0.15) is 63.3 Å². The molecule has 7 amide bonds. The molecule has 1 aromatic heterocycles. The van der Waals surface area contributed by atoms with Crippen molar-refractivity contribution in [3.63, 3.8) is 0 Å². The van der Waals surface area contributed by atoms with Gasteiger partial charge in [-0.2, -0.15) is 0 Å². The Bertz CT molecular complexity index is 2440. The Morgan fingerprint density at radius 1 is 0.823 bits per heavy atom. The third-order valence-electron chi connectivity index (χ3n) is 13.3. The number of nitrogens with zero attached hydrogens (tertiary/aromatic N) is 3. The van der Waals surface area contributed by atoms with Gasteiger partial charge >= 0.3 is 5.97 Å². The number of H-pyrrole nitrogens is 1. The molecule has 0 radical (unpaired) electrons. The molecule has 0 aliphatic carbocycles. The number of aromatic nitrogens is 2. The molecule has 2 aromatic carbocycles. The monoisotopic (exact) mass is 1140 g/mol. The Morgan fingerprint density at radius 2 is 1.47 bits per heavy atom.